The molecule has 3 aromatic heterocycles. The fourth-order valence-electron chi connectivity index (χ4n) is 1.84. The van der Waals surface area contributed by atoms with Gasteiger partial charge in [0.2, 0.25) is 0 Å². The van der Waals surface area contributed by atoms with Crippen molar-refractivity contribution in [2.24, 2.45) is 0 Å². The van der Waals surface area contributed by atoms with E-state index >= 15 is 0 Å². The van der Waals surface area contributed by atoms with Crippen LogP contribution >= 0.6 is 0 Å². The topological polar surface area (TPSA) is 38.7 Å². The Morgan fingerprint density at radius 2 is 1.00 bits per heavy atom. The monoisotopic (exact) mass is 463 g/mol. The van der Waals surface area contributed by atoms with Crippen molar-refractivity contribution < 1.29 is 17.1 Å². The van der Waals surface area contributed by atoms with Gasteiger partial charge in [0.1, 0.15) is 0 Å². The van der Waals surface area contributed by atoms with Crippen molar-refractivity contribution in [3.63, 3.8) is 0 Å². The third-order valence-corrected chi connectivity index (χ3v) is 2.66. The van der Waals surface area contributed by atoms with Crippen molar-refractivity contribution in [3.8, 4) is 22.6 Å². The third kappa shape index (κ3) is 14.1. The van der Waals surface area contributed by atoms with Crippen LogP contribution in [0.4, 0.5) is 0 Å². The molecule has 0 atom stereocenters. The van der Waals surface area contributed by atoms with Gasteiger partial charge in [-0.25, -0.2) is 0 Å². The van der Waals surface area contributed by atoms with Crippen molar-refractivity contribution in [2.45, 2.75) is 39.3 Å². The van der Waals surface area contributed by atoms with Crippen molar-refractivity contribution in [3.05, 3.63) is 80.2 Å². The first-order chi connectivity index (χ1) is 12.9. The predicted molar refractivity (Wildman–Crippen MR) is 128 cm³/mol. The number of aromatic nitrogens is 3. The van der Waals surface area contributed by atoms with E-state index in [9.17, 15) is 0 Å². The SMILES string of the molecule is [CH2-][Si](C)(C)C.[CH2-][Si](C)(C)C.[Fe+2].c1ccc(-c2cccnc2-c2ccccn2)nc1. The zero-order valence-corrected chi connectivity index (χ0v) is 21.6. The second-order valence-electron chi connectivity index (χ2n) is 8.95. The van der Waals surface area contributed by atoms with Crippen LogP contribution in [-0.4, -0.2) is 31.1 Å². The smallest absolute Gasteiger partial charge is 0.342 e. The molecule has 3 heterocycles. The summed E-state index contributed by atoms with van der Waals surface area (Å²) in [7, 11) is -1.72. The van der Waals surface area contributed by atoms with E-state index in [1.165, 1.54) is 0 Å². The summed E-state index contributed by atoms with van der Waals surface area (Å²) in [5.41, 5.74) is 3.62. The van der Waals surface area contributed by atoms with Crippen molar-refractivity contribution in [1.29, 1.82) is 0 Å². The number of rotatable bonds is 2. The zero-order valence-electron chi connectivity index (χ0n) is 18.5. The zero-order chi connectivity index (χ0) is 21.2. The van der Waals surface area contributed by atoms with E-state index in [-0.39, 0.29) is 17.1 Å². The summed E-state index contributed by atoms with van der Waals surface area (Å²) in [6.45, 7) is 21.1. The molecule has 3 nitrogen and oxygen atoms in total. The Morgan fingerprint density at radius 1 is 0.586 bits per heavy atom. The van der Waals surface area contributed by atoms with E-state index in [1.54, 1.807) is 18.6 Å². The first kappa shape index (κ1) is 27.4. The predicted octanol–water partition coefficient (Wildman–Crippen LogP) is 6.60. The van der Waals surface area contributed by atoms with Crippen LogP contribution in [0.1, 0.15) is 0 Å². The van der Waals surface area contributed by atoms with Crippen LogP contribution in [0.5, 0.6) is 0 Å². The van der Waals surface area contributed by atoms with Gasteiger partial charge in [-0.05, 0) is 36.4 Å². The summed E-state index contributed by atoms with van der Waals surface area (Å²) < 4.78 is 0. The summed E-state index contributed by atoms with van der Waals surface area (Å²) in [6.07, 6.45) is 5.33. The molecule has 0 aliphatic carbocycles. The Morgan fingerprint density at radius 3 is 1.41 bits per heavy atom. The summed E-state index contributed by atoms with van der Waals surface area (Å²) in [4.78, 5) is 13.1. The van der Waals surface area contributed by atoms with Gasteiger partial charge in [-0.1, -0.05) is 51.4 Å². The minimum absolute atomic E-state index is 0. The molecule has 0 bridgehead atoms. The number of nitrogens with zero attached hydrogens (tertiary/aromatic N) is 3. The quantitative estimate of drug-likeness (QED) is 0.318. The van der Waals surface area contributed by atoms with Gasteiger partial charge in [-0.2, -0.15) is 0 Å². The van der Waals surface area contributed by atoms with Gasteiger partial charge in [0.25, 0.3) is 0 Å². The van der Waals surface area contributed by atoms with Crippen molar-refractivity contribution >= 4 is 16.1 Å². The number of pyridine rings is 3. The largest absolute Gasteiger partial charge is 2.00 e. The van der Waals surface area contributed by atoms with Gasteiger partial charge in [0, 0.05) is 24.2 Å². The maximum absolute atomic E-state index is 4.42. The molecule has 0 saturated heterocycles. The van der Waals surface area contributed by atoms with Crippen LogP contribution in [0, 0.1) is 13.1 Å². The van der Waals surface area contributed by atoms with Crippen LogP contribution < -0.4 is 0 Å². The molecule has 0 saturated carbocycles. The maximum atomic E-state index is 4.42. The van der Waals surface area contributed by atoms with Crippen molar-refractivity contribution in [2.75, 3.05) is 0 Å². The van der Waals surface area contributed by atoms with Crippen LogP contribution in [0.15, 0.2) is 67.1 Å². The average Bonchev–Trinajstić information content (AvgIpc) is 2.60. The van der Waals surface area contributed by atoms with Gasteiger partial charge in [0.05, 0.1) is 17.1 Å². The molecule has 156 valence electrons. The van der Waals surface area contributed by atoms with Gasteiger partial charge in [-0.15, -0.1) is 16.1 Å². The molecule has 0 aliphatic rings. The van der Waals surface area contributed by atoms with E-state index in [2.05, 4.69) is 67.3 Å². The van der Waals surface area contributed by atoms with Gasteiger partial charge in [0.15, 0.2) is 0 Å². The molecule has 3 aromatic rings. The van der Waals surface area contributed by atoms with Crippen LogP contribution in [0.25, 0.3) is 22.6 Å². The van der Waals surface area contributed by atoms with E-state index in [4.69, 9.17) is 0 Å². The first-order valence-corrected chi connectivity index (χ1v) is 16.8. The molecule has 6 heteroatoms. The Balaban J connectivity index is 0.000000602. The third-order valence-electron chi connectivity index (χ3n) is 2.66. The Labute approximate surface area is 189 Å². The molecular formula is C23H33FeN3Si2. The Kier molecular flexibility index (Phi) is 12.1. The van der Waals surface area contributed by atoms with Gasteiger partial charge >= 0.3 is 17.1 Å². The molecule has 0 aromatic carbocycles. The number of hydrogen-bond donors (Lipinski definition) is 0. The minimum Gasteiger partial charge on any atom is -0.342 e. The van der Waals surface area contributed by atoms with E-state index in [0.29, 0.717) is 0 Å². The molecule has 0 aliphatic heterocycles. The second kappa shape index (κ2) is 12.9. The van der Waals surface area contributed by atoms with E-state index in [0.717, 1.165) is 22.6 Å². The maximum Gasteiger partial charge on any atom is 2.00 e. The normalized spacial score (nSPS) is 10.5. The van der Waals surface area contributed by atoms with E-state index in [1.807, 2.05) is 48.5 Å². The van der Waals surface area contributed by atoms with Crippen LogP contribution in [0.3, 0.4) is 0 Å². The molecule has 0 amide bonds. The fraction of sp³-hybridized carbons (Fsp3) is 0.261. The molecule has 0 radical (unpaired) electrons. The van der Waals surface area contributed by atoms with Crippen LogP contribution in [-0.2, 0) is 17.1 Å². The fourth-order valence-corrected chi connectivity index (χ4v) is 1.84. The van der Waals surface area contributed by atoms with Crippen molar-refractivity contribution in [1.82, 2.24) is 15.0 Å². The molecule has 0 fully saturated rings. The summed E-state index contributed by atoms with van der Waals surface area (Å²) in [5.74, 6) is 0. The molecular weight excluding hydrogens is 430 g/mol. The number of hydrogen-bond acceptors (Lipinski definition) is 3. The summed E-state index contributed by atoms with van der Waals surface area (Å²) in [5, 5.41) is 0. The van der Waals surface area contributed by atoms with Gasteiger partial charge in [-0.3, -0.25) is 15.0 Å². The van der Waals surface area contributed by atoms with E-state index < -0.39 is 16.1 Å². The standard InChI is InChI=1S/C15H11N3.2C4H11Si.Fe/c1-3-9-16-13(7-1)12-6-5-11-18-15(12)14-8-2-4-10-17-14;2*1-5(2,3)4;/h1-11H;2*1H2,2-4H3;/q;2*-1;+2. The molecule has 29 heavy (non-hydrogen) atoms. The Bertz CT molecular complexity index is 732. The molecule has 0 N–H and O–H groups in total. The average molecular weight is 464 g/mol. The first-order valence-electron chi connectivity index (χ1n) is 9.44. The molecule has 3 rings (SSSR count). The van der Waals surface area contributed by atoms with Gasteiger partial charge < -0.3 is 13.1 Å². The second-order valence-corrected chi connectivity index (χ2v) is 19.2. The van der Waals surface area contributed by atoms with Crippen LogP contribution in [0.2, 0.25) is 39.3 Å². The molecule has 0 unspecified atom stereocenters. The summed E-state index contributed by atoms with van der Waals surface area (Å²) in [6, 6.07) is 15.6. The Hall–Kier alpha value is -1.60. The molecule has 0 spiro atoms. The summed E-state index contributed by atoms with van der Waals surface area (Å²) >= 11 is 0. The minimum atomic E-state index is -0.861.